The quantitative estimate of drug-likeness (QED) is 0.582. The van der Waals surface area contributed by atoms with Gasteiger partial charge in [-0.3, -0.25) is 5.84 Å². The molecule has 0 amide bonds. The molecule has 1 aromatic carbocycles. The molecule has 14 heavy (non-hydrogen) atoms. The molecule has 1 aromatic rings. The molecule has 0 radical (unpaired) electrons. The first-order valence-corrected chi connectivity index (χ1v) is 4.94. The SMILES string of the molecule is CCc1cc(C2CN2N)ccc1OC. The highest BCUT2D eigenvalue weighted by Gasteiger charge is 2.32. The maximum atomic E-state index is 5.66. The van der Waals surface area contributed by atoms with Gasteiger partial charge in [-0.1, -0.05) is 19.1 Å². The Hall–Kier alpha value is -1.06. The largest absolute Gasteiger partial charge is 0.496 e. The third-order valence-corrected chi connectivity index (χ3v) is 2.72. The van der Waals surface area contributed by atoms with Crippen LogP contribution in [0.5, 0.6) is 5.75 Å². The van der Waals surface area contributed by atoms with E-state index in [-0.39, 0.29) is 0 Å². The number of ether oxygens (including phenoxy) is 1. The van der Waals surface area contributed by atoms with Crippen molar-refractivity contribution >= 4 is 0 Å². The highest BCUT2D eigenvalue weighted by atomic mass is 16.5. The van der Waals surface area contributed by atoms with Gasteiger partial charge in [0.25, 0.3) is 0 Å². The van der Waals surface area contributed by atoms with Crippen LogP contribution in [-0.4, -0.2) is 18.7 Å². The Labute approximate surface area is 84.4 Å². The molecule has 0 aromatic heterocycles. The second-order valence-electron chi connectivity index (χ2n) is 3.64. The molecule has 0 saturated carbocycles. The average molecular weight is 192 g/mol. The molecular weight excluding hydrogens is 176 g/mol. The minimum absolute atomic E-state index is 0.422. The second-order valence-corrected chi connectivity index (χ2v) is 3.64. The third kappa shape index (κ3) is 1.61. The molecule has 1 saturated heterocycles. The predicted molar refractivity (Wildman–Crippen MR) is 56.0 cm³/mol. The lowest BCUT2D eigenvalue weighted by molar-refractivity contribution is 0.410. The summed E-state index contributed by atoms with van der Waals surface area (Å²) in [6, 6.07) is 6.73. The number of rotatable bonds is 3. The summed E-state index contributed by atoms with van der Waals surface area (Å²) < 4.78 is 5.27. The monoisotopic (exact) mass is 192 g/mol. The van der Waals surface area contributed by atoms with Crippen LogP contribution in [0.15, 0.2) is 18.2 Å². The van der Waals surface area contributed by atoms with Crippen LogP contribution < -0.4 is 10.6 Å². The zero-order chi connectivity index (χ0) is 10.1. The van der Waals surface area contributed by atoms with Crippen LogP contribution >= 0.6 is 0 Å². The first kappa shape index (κ1) is 9.49. The molecule has 1 heterocycles. The Bertz CT molecular complexity index is 338. The van der Waals surface area contributed by atoms with E-state index in [1.165, 1.54) is 11.1 Å². The number of hydrogen-bond acceptors (Lipinski definition) is 3. The maximum Gasteiger partial charge on any atom is 0.122 e. The van der Waals surface area contributed by atoms with Crippen molar-refractivity contribution in [3.63, 3.8) is 0 Å². The topological polar surface area (TPSA) is 38.3 Å². The summed E-state index contributed by atoms with van der Waals surface area (Å²) in [5.74, 6) is 6.64. The molecule has 0 spiro atoms. The predicted octanol–water partition coefficient (Wildman–Crippen LogP) is 1.49. The summed E-state index contributed by atoms with van der Waals surface area (Å²) in [5.41, 5.74) is 2.55. The minimum atomic E-state index is 0.422. The summed E-state index contributed by atoms with van der Waals surface area (Å²) in [4.78, 5) is 0. The van der Waals surface area contributed by atoms with Crippen molar-refractivity contribution < 1.29 is 4.74 Å². The molecule has 3 nitrogen and oxygen atoms in total. The second kappa shape index (κ2) is 3.59. The number of benzene rings is 1. The Morgan fingerprint density at radius 1 is 1.57 bits per heavy atom. The van der Waals surface area contributed by atoms with Crippen molar-refractivity contribution in [2.24, 2.45) is 5.84 Å². The van der Waals surface area contributed by atoms with Crippen LogP contribution in [0.3, 0.4) is 0 Å². The van der Waals surface area contributed by atoms with E-state index >= 15 is 0 Å². The van der Waals surface area contributed by atoms with E-state index in [0.29, 0.717) is 6.04 Å². The van der Waals surface area contributed by atoms with E-state index in [2.05, 4.69) is 19.1 Å². The van der Waals surface area contributed by atoms with E-state index < -0.39 is 0 Å². The lowest BCUT2D eigenvalue weighted by Crippen LogP contribution is -2.06. The molecule has 3 heteroatoms. The van der Waals surface area contributed by atoms with Gasteiger partial charge in [-0.05, 0) is 23.6 Å². The Balaban J connectivity index is 2.27. The standard InChI is InChI=1S/C11H16N2O/c1-3-8-6-9(10-7-13(10)12)4-5-11(8)14-2/h4-6,10H,3,7,12H2,1-2H3. The molecule has 1 aliphatic rings. The van der Waals surface area contributed by atoms with Crippen molar-refractivity contribution in [2.75, 3.05) is 13.7 Å². The lowest BCUT2D eigenvalue weighted by Gasteiger charge is -2.08. The van der Waals surface area contributed by atoms with E-state index in [9.17, 15) is 0 Å². The van der Waals surface area contributed by atoms with Crippen LogP contribution in [0, 0.1) is 0 Å². The van der Waals surface area contributed by atoms with Crippen molar-refractivity contribution in [1.82, 2.24) is 5.01 Å². The Morgan fingerprint density at radius 2 is 2.29 bits per heavy atom. The molecule has 1 aliphatic heterocycles. The summed E-state index contributed by atoms with van der Waals surface area (Å²) in [6.07, 6.45) is 0.994. The van der Waals surface area contributed by atoms with Gasteiger partial charge >= 0.3 is 0 Å². The molecule has 1 fully saturated rings. The van der Waals surface area contributed by atoms with Gasteiger partial charge in [0, 0.05) is 6.54 Å². The van der Waals surface area contributed by atoms with Crippen molar-refractivity contribution in [2.45, 2.75) is 19.4 Å². The Kier molecular flexibility index (Phi) is 2.44. The minimum Gasteiger partial charge on any atom is -0.496 e. The molecule has 76 valence electrons. The van der Waals surface area contributed by atoms with Gasteiger partial charge in [-0.25, -0.2) is 5.01 Å². The van der Waals surface area contributed by atoms with Gasteiger partial charge in [-0.15, -0.1) is 0 Å². The summed E-state index contributed by atoms with van der Waals surface area (Å²) in [7, 11) is 1.71. The fourth-order valence-corrected chi connectivity index (χ4v) is 1.73. The summed E-state index contributed by atoms with van der Waals surface area (Å²) in [6.45, 7) is 3.10. The van der Waals surface area contributed by atoms with Gasteiger partial charge in [0.05, 0.1) is 13.2 Å². The first-order valence-electron chi connectivity index (χ1n) is 4.94. The van der Waals surface area contributed by atoms with Crippen molar-refractivity contribution in [3.05, 3.63) is 29.3 Å². The summed E-state index contributed by atoms with van der Waals surface area (Å²) >= 11 is 0. The number of methoxy groups -OCH3 is 1. The normalized spacial score (nSPS) is 24.8. The van der Waals surface area contributed by atoms with Crippen LogP contribution in [0.25, 0.3) is 0 Å². The number of nitrogens with two attached hydrogens (primary N) is 1. The van der Waals surface area contributed by atoms with Gasteiger partial charge in [0.1, 0.15) is 5.75 Å². The lowest BCUT2D eigenvalue weighted by atomic mass is 10.1. The van der Waals surface area contributed by atoms with Crippen molar-refractivity contribution in [1.29, 1.82) is 0 Å². The van der Waals surface area contributed by atoms with Gasteiger partial charge in [-0.2, -0.15) is 0 Å². The molecule has 2 N–H and O–H groups in total. The molecular formula is C11H16N2O. The van der Waals surface area contributed by atoms with E-state index in [1.807, 2.05) is 11.1 Å². The first-order chi connectivity index (χ1) is 6.76. The van der Waals surface area contributed by atoms with Gasteiger partial charge in [0.15, 0.2) is 0 Å². The molecule has 2 atom stereocenters. The fraction of sp³-hybridized carbons (Fsp3) is 0.455. The van der Waals surface area contributed by atoms with Crippen LogP contribution in [0.1, 0.15) is 24.1 Å². The molecule has 0 aliphatic carbocycles. The van der Waals surface area contributed by atoms with E-state index in [4.69, 9.17) is 10.6 Å². The number of nitrogens with zero attached hydrogens (tertiary/aromatic N) is 1. The zero-order valence-electron chi connectivity index (χ0n) is 8.66. The molecule has 2 rings (SSSR count). The Morgan fingerprint density at radius 3 is 2.79 bits per heavy atom. The van der Waals surface area contributed by atoms with Crippen LogP contribution in [-0.2, 0) is 6.42 Å². The smallest absolute Gasteiger partial charge is 0.122 e. The highest BCUT2D eigenvalue weighted by Crippen LogP contribution is 2.33. The number of hydrazine groups is 1. The molecule has 0 bridgehead atoms. The van der Waals surface area contributed by atoms with Gasteiger partial charge < -0.3 is 4.74 Å². The van der Waals surface area contributed by atoms with E-state index in [0.717, 1.165) is 18.7 Å². The average Bonchev–Trinajstić information content (AvgIpc) is 2.94. The number of aryl methyl sites for hydroxylation is 1. The van der Waals surface area contributed by atoms with Crippen LogP contribution in [0.4, 0.5) is 0 Å². The van der Waals surface area contributed by atoms with Crippen molar-refractivity contribution in [3.8, 4) is 5.75 Å². The third-order valence-electron chi connectivity index (χ3n) is 2.72. The zero-order valence-corrected chi connectivity index (χ0v) is 8.66. The number of hydrogen-bond donors (Lipinski definition) is 1. The molecule has 2 unspecified atom stereocenters. The highest BCUT2D eigenvalue weighted by molar-refractivity contribution is 5.39. The van der Waals surface area contributed by atoms with Gasteiger partial charge in [0.2, 0.25) is 0 Å². The fourth-order valence-electron chi connectivity index (χ4n) is 1.73. The van der Waals surface area contributed by atoms with Crippen LogP contribution in [0.2, 0.25) is 0 Å². The summed E-state index contributed by atoms with van der Waals surface area (Å²) in [5, 5.41) is 1.83. The maximum absolute atomic E-state index is 5.66. The van der Waals surface area contributed by atoms with E-state index in [1.54, 1.807) is 7.11 Å².